The van der Waals surface area contributed by atoms with E-state index in [0.29, 0.717) is 10.8 Å². The summed E-state index contributed by atoms with van der Waals surface area (Å²) in [7, 11) is -0.278. The van der Waals surface area contributed by atoms with E-state index in [4.69, 9.17) is 20.5 Å². The maximum Gasteiger partial charge on any atom is 0.280 e. The van der Waals surface area contributed by atoms with Crippen molar-refractivity contribution in [2.24, 2.45) is 0 Å². The Bertz CT molecular complexity index is 1090. The fourth-order valence-corrected chi connectivity index (χ4v) is 4.60. The van der Waals surface area contributed by atoms with Gasteiger partial charge in [0.15, 0.2) is 25.4 Å². The average molecular weight is 438 g/mol. The summed E-state index contributed by atoms with van der Waals surface area (Å²) in [6, 6.07) is 7.21. The van der Waals surface area contributed by atoms with Crippen LogP contribution < -0.4 is 17.0 Å². The van der Waals surface area contributed by atoms with Gasteiger partial charge in [-0.3, -0.25) is 9.78 Å². The molecule has 29 heavy (non-hydrogen) atoms. The van der Waals surface area contributed by atoms with Crippen LogP contribution in [0.4, 0.5) is 11.6 Å². The van der Waals surface area contributed by atoms with Crippen LogP contribution in [0.15, 0.2) is 39.1 Å². The molecule has 2 aromatic heterocycles. The van der Waals surface area contributed by atoms with Gasteiger partial charge in [-0.05, 0) is 23.9 Å². The lowest BCUT2D eigenvalue weighted by Crippen LogP contribution is -2.44. The van der Waals surface area contributed by atoms with Gasteiger partial charge < -0.3 is 35.3 Å². The van der Waals surface area contributed by atoms with E-state index in [9.17, 15) is 15.0 Å². The molecule has 1 fully saturated rings. The molecule has 3 aromatic rings. The summed E-state index contributed by atoms with van der Waals surface area (Å²) >= 11 is 1.23. The fourth-order valence-electron chi connectivity index (χ4n) is 2.93. The Balaban J connectivity index is 1.75. The quantitative estimate of drug-likeness (QED) is 0.271. The third-order valence-electron chi connectivity index (χ3n) is 4.33. The van der Waals surface area contributed by atoms with E-state index >= 15 is 0 Å². The van der Waals surface area contributed by atoms with Crippen molar-refractivity contribution < 1.29 is 19.3 Å². The van der Waals surface area contributed by atoms with E-state index in [0.717, 1.165) is 4.90 Å². The van der Waals surface area contributed by atoms with Gasteiger partial charge in [0.25, 0.3) is 5.56 Å². The number of imidazole rings is 1. The number of aromatic nitrogens is 4. The Labute approximate surface area is 170 Å². The van der Waals surface area contributed by atoms with Crippen molar-refractivity contribution in [3.8, 4) is 0 Å². The normalized spacial score (nSPS) is 21.6. The monoisotopic (exact) mass is 438 g/mol. The molecule has 1 aliphatic heterocycles. The summed E-state index contributed by atoms with van der Waals surface area (Å²) < 4.78 is 12.0. The van der Waals surface area contributed by atoms with Crippen molar-refractivity contribution in [3.05, 3.63) is 34.6 Å². The number of H-pyrrole nitrogens is 1. The molecule has 0 radical (unpaired) electrons. The van der Waals surface area contributed by atoms with Gasteiger partial charge in [0.2, 0.25) is 5.95 Å². The van der Waals surface area contributed by atoms with Crippen LogP contribution in [0.25, 0.3) is 11.2 Å². The lowest BCUT2D eigenvalue weighted by atomic mass is 10.1. The van der Waals surface area contributed by atoms with E-state index in [1.807, 2.05) is 18.2 Å². The summed E-state index contributed by atoms with van der Waals surface area (Å²) in [5, 5.41) is 21.2. The van der Waals surface area contributed by atoms with Gasteiger partial charge in [-0.25, -0.2) is 4.98 Å². The molecule has 1 aliphatic rings. The number of aliphatic hydroxyl groups is 2. The summed E-state index contributed by atoms with van der Waals surface area (Å²) in [4.78, 5) is 24.0. The highest BCUT2D eigenvalue weighted by Gasteiger charge is 2.33. The summed E-state index contributed by atoms with van der Waals surface area (Å²) in [6.45, 7) is 0.0333. The van der Waals surface area contributed by atoms with E-state index in [1.165, 1.54) is 11.8 Å². The molecular weight excluding hydrogens is 419 g/mol. The molecule has 0 bridgehead atoms. The standard InChI is InChI=1S/C16H19N6O5PS/c17-7-3-1-2-4-10(7)29-16-19-11-13(20-15(18)21-14(11)25)22(16)5-8(23)12-9(24)6-26-28-27-12/h1-4,8-9,12,23-24,28H,5-6,17H2,(H3,18,20,21,25). The number of hydrogen-bond acceptors (Lipinski definition) is 10. The number of benzene rings is 1. The molecule has 13 heteroatoms. The van der Waals surface area contributed by atoms with Crippen molar-refractivity contribution in [3.63, 3.8) is 0 Å². The molecule has 1 aromatic carbocycles. The van der Waals surface area contributed by atoms with Crippen LogP contribution in [0.3, 0.4) is 0 Å². The highest BCUT2D eigenvalue weighted by atomic mass is 32.2. The summed E-state index contributed by atoms with van der Waals surface area (Å²) in [5.74, 6) is -0.0715. The number of aromatic amines is 1. The first-order valence-corrected chi connectivity index (χ1v) is 10.2. The van der Waals surface area contributed by atoms with E-state index in [2.05, 4.69) is 15.0 Å². The molecule has 0 aliphatic carbocycles. The molecule has 4 atom stereocenters. The largest absolute Gasteiger partial charge is 0.398 e. The number of nitrogen functional groups attached to an aromatic ring is 2. The van der Waals surface area contributed by atoms with Crippen LogP contribution in [-0.2, 0) is 15.6 Å². The molecule has 11 nitrogen and oxygen atoms in total. The second-order valence-corrected chi connectivity index (χ2v) is 8.08. The Morgan fingerprint density at radius 3 is 2.93 bits per heavy atom. The number of aliphatic hydroxyl groups excluding tert-OH is 2. The van der Waals surface area contributed by atoms with Crippen LogP contribution in [0, 0.1) is 0 Å². The Hall–Kier alpha value is -2.21. The molecule has 0 saturated carbocycles. The second kappa shape index (κ2) is 8.27. The van der Waals surface area contributed by atoms with Crippen LogP contribution in [-0.4, -0.2) is 54.7 Å². The maximum absolute atomic E-state index is 12.3. The van der Waals surface area contributed by atoms with Crippen molar-refractivity contribution in [1.82, 2.24) is 19.5 Å². The SMILES string of the molecule is Nc1nc2c(nc(Sc3ccccc3N)n2CC(O)C2OPOCC2O)c(=O)[nH]1. The first kappa shape index (κ1) is 20.1. The summed E-state index contributed by atoms with van der Waals surface area (Å²) in [6.07, 6.45) is -2.93. The minimum Gasteiger partial charge on any atom is -0.398 e. The number of nitrogens with zero attached hydrogens (tertiary/aromatic N) is 3. The molecule has 7 N–H and O–H groups in total. The smallest absolute Gasteiger partial charge is 0.280 e. The Kier molecular flexibility index (Phi) is 5.72. The van der Waals surface area contributed by atoms with Gasteiger partial charge >= 0.3 is 0 Å². The third-order valence-corrected chi connectivity index (χ3v) is 6.07. The zero-order valence-electron chi connectivity index (χ0n) is 15.0. The lowest BCUT2D eigenvalue weighted by molar-refractivity contribution is -0.0824. The number of nitrogens with one attached hydrogen (secondary N) is 1. The molecular formula is C16H19N6O5PS. The molecule has 4 rings (SSSR count). The van der Waals surface area contributed by atoms with Gasteiger partial charge in [0.05, 0.1) is 13.2 Å². The number of para-hydroxylation sites is 1. The van der Waals surface area contributed by atoms with Crippen molar-refractivity contribution in [1.29, 1.82) is 0 Å². The highest BCUT2D eigenvalue weighted by Crippen LogP contribution is 2.34. The highest BCUT2D eigenvalue weighted by molar-refractivity contribution is 7.99. The molecule has 1 saturated heterocycles. The molecule has 0 spiro atoms. The van der Waals surface area contributed by atoms with Crippen LogP contribution in [0.1, 0.15) is 0 Å². The number of nitrogens with two attached hydrogens (primary N) is 2. The van der Waals surface area contributed by atoms with Crippen LogP contribution in [0.2, 0.25) is 0 Å². The lowest BCUT2D eigenvalue weighted by Gasteiger charge is -2.31. The molecule has 4 unspecified atom stereocenters. The Morgan fingerprint density at radius 1 is 1.38 bits per heavy atom. The zero-order valence-corrected chi connectivity index (χ0v) is 16.8. The van der Waals surface area contributed by atoms with Crippen molar-refractivity contribution in [2.45, 2.75) is 34.9 Å². The van der Waals surface area contributed by atoms with Crippen LogP contribution in [0.5, 0.6) is 0 Å². The number of rotatable bonds is 5. The van der Waals surface area contributed by atoms with Gasteiger partial charge in [0.1, 0.15) is 18.3 Å². The third kappa shape index (κ3) is 4.08. The first-order valence-electron chi connectivity index (χ1n) is 8.61. The fraction of sp³-hybridized carbons (Fsp3) is 0.312. The number of anilines is 2. The predicted molar refractivity (Wildman–Crippen MR) is 109 cm³/mol. The van der Waals surface area contributed by atoms with Crippen LogP contribution >= 0.6 is 20.8 Å². The zero-order chi connectivity index (χ0) is 20.5. The predicted octanol–water partition coefficient (Wildman–Crippen LogP) is 0.0809. The number of fused-ring (bicyclic) bond motifs is 1. The van der Waals surface area contributed by atoms with Crippen molar-refractivity contribution >= 4 is 43.6 Å². The van der Waals surface area contributed by atoms with E-state index in [-0.39, 0.29) is 39.3 Å². The minimum atomic E-state index is -1.10. The van der Waals surface area contributed by atoms with Gasteiger partial charge in [0, 0.05) is 10.6 Å². The number of hydrogen-bond donors (Lipinski definition) is 5. The summed E-state index contributed by atoms with van der Waals surface area (Å²) in [5.41, 5.74) is 12.1. The molecule has 3 heterocycles. The molecule has 0 amide bonds. The maximum atomic E-state index is 12.3. The van der Waals surface area contributed by atoms with E-state index < -0.39 is 23.9 Å². The van der Waals surface area contributed by atoms with Gasteiger partial charge in [-0.2, -0.15) is 4.98 Å². The van der Waals surface area contributed by atoms with Gasteiger partial charge in [-0.15, -0.1) is 0 Å². The topological polar surface area (TPSA) is 175 Å². The Morgan fingerprint density at radius 2 is 2.17 bits per heavy atom. The first-order chi connectivity index (χ1) is 13.9. The average Bonchev–Trinajstić information content (AvgIpc) is 3.01. The minimum absolute atomic E-state index is 0.0341. The van der Waals surface area contributed by atoms with Crippen molar-refractivity contribution in [2.75, 3.05) is 18.1 Å². The van der Waals surface area contributed by atoms with E-state index in [1.54, 1.807) is 10.6 Å². The van der Waals surface area contributed by atoms with Gasteiger partial charge in [-0.1, -0.05) is 12.1 Å². The second-order valence-electron chi connectivity index (χ2n) is 6.38. The molecule has 154 valence electrons.